The number of carbonyl (C=O) groups is 1. The van der Waals surface area contributed by atoms with Gasteiger partial charge in [-0.1, -0.05) is 0 Å². The number of unbranched alkanes of at least 4 members (excludes halogenated alkanes) is 1. The Morgan fingerprint density at radius 3 is 2.79 bits per heavy atom. The van der Waals surface area contributed by atoms with E-state index in [0.29, 0.717) is 23.5 Å². The molecule has 0 aromatic heterocycles. The second-order valence-corrected chi connectivity index (χ2v) is 4.94. The number of hydrogen-bond acceptors (Lipinski definition) is 4. The molecule has 108 valence electrons. The maximum absolute atomic E-state index is 11.7. The van der Waals surface area contributed by atoms with Crippen molar-refractivity contribution in [3.63, 3.8) is 0 Å². The summed E-state index contributed by atoms with van der Waals surface area (Å²) in [5.41, 5.74) is 6.96. The first-order valence-electron chi connectivity index (χ1n) is 5.89. The molecule has 1 aromatic rings. The average Bonchev–Trinajstić information content (AvgIpc) is 2.37. The molecule has 6 heteroatoms. The van der Waals surface area contributed by atoms with Crippen LogP contribution < -0.4 is 15.8 Å². The summed E-state index contributed by atoms with van der Waals surface area (Å²) in [5, 5.41) is 2.81. The molecule has 4 nitrogen and oxygen atoms in total. The molecule has 0 aliphatic heterocycles. The van der Waals surface area contributed by atoms with Gasteiger partial charge >= 0.3 is 0 Å². The van der Waals surface area contributed by atoms with Gasteiger partial charge in [-0.2, -0.15) is 11.8 Å². The highest BCUT2D eigenvalue weighted by atomic mass is 35.5. The van der Waals surface area contributed by atoms with Crippen LogP contribution in [0, 0.1) is 0 Å². The summed E-state index contributed by atoms with van der Waals surface area (Å²) < 4.78 is 5.09. The summed E-state index contributed by atoms with van der Waals surface area (Å²) in [6, 6.07) is 5.22. The van der Waals surface area contributed by atoms with Gasteiger partial charge in [0.2, 0.25) is 5.91 Å². The summed E-state index contributed by atoms with van der Waals surface area (Å²) in [5.74, 6) is 1.77. The van der Waals surface area contributed by atoms with Gasteiger partial charge in [-0.3, -0.25) is 4.79 Å². The summed E-state index contributed by atoms with van der Waals surface area (Å²) >= 11 is 1.80. The lowest BCUT2D eigenvalue weighted by molar-refractivity contribution is -0.116. The molecule has 0 saturated carbocycles. The van der Waals surface area contributed by atoms with E-state index >= 15 is 0 Å². The third kappa shape index (κ3) is 6.59. The van der Waals surface area contributed by atoms with Gasteiger partial charge in [0.1, 0.15) is 5.75 Å². The largest absolute Gasteiger partial charge is 0.497 e. The molecule has 0 radical (unpaired) electrons. The van der Waals surface area contributed by atoms with Crippen LogP contribution in [0.15, 0.2) is 18.2 Å². The Balaban J connectivity index is 0.00000324. The fourth-order valence-corrected chi connectivity index (χ4v) is 2.01. The molecule has 0 fully saturated rings. The molecule has 0 unspecified atom stereocenters. The fourth-order valence-electron chi connectivity index (χ4n) is 1.52. The molecule has 0 saturated heterocycles. The Kier molecular flexibility index (Phi) is 9.26. The quantitative estimate of drug-likeness (QED) is 0.600. The van der Waals surface area contributed by atoms with E-state index in [-0.39, 0.29) is 18.3 Å². The zero-order valence-corrected chi connectivity index (χ0v) is 12.9. The molecular weight excluding hydrogens is 284 g/mol. The van der Waals surface area contributed by atoms with Gasteiger partial charge in [0.25, 0.3) is 0 Å². The molecule has 0 aliphatic rings. The predicted molar refractivity (Wildman–Crippen MR) is 85.5 cm³/mol. The highest BCUT2D eigenvalue weighted by molar-refractivity contribution is 7.98. The van der Waals surface area contributed by atoms with Crippen LogP contribution in [-0.2, 0) is 4.79 Å². The summed E-state index contributed by atoms with van der Waals surface area (Å²) in [6.45, 7) is 0. The van der Waals surface area contributed by atoms with Crippen LogP contribution in [0.25, 0.3) is 0 Å². The highest BCUT2D eigenvalue weighted by Crippen LogP contribution is 2.24. The van der Waals surface area contributed by atoms with E-state index in [1.165, 1.54) is 0 Å². The lowest BCUT2D eigenvalue weighted by Gasteiger charge is -2.09. The Labute approximate surface area is 124 Å². The van der Waals surface area contributed by atoms with Crippen LogP contribution in [0.5, 0.6) is 5.75 Å². The Morgan fingerprint density at radius 2 is 2.16 bits per heavy atom. The van der Waals surface area contributed by atoms with Crippen molar-refractivity contribution < 1.29 is 9.53 Å². The van der Waals surface area contributed by atoms with E-state index in [4.69, 9.17) is 10.5 Å². The first kappa shape index (κ1) is 17.9. The van der Waals surface area contributed by atoms with Crippen LogP contribution in [0.1, 0.15) is 19.3 Å². The number of halogens is 1. The van der Waals surface area contributed by atoms with Crippen LogP contribution in [0.3, 0.4) is 0 Å². The maximum Gasteiger partial charge on any atom is 0.224 e. The van der Waals surface area contributed by atoms with Crippen molar-refractivity contribution in [1.82, 2.24) is 0 Å². The van der Waals surface area contributed by atoms with Crippen molar-refractivity contribution >= 4 is 41.5 Å². The van der Waals surface area contributed by atoms with E-state index in [1.807, 2.05) is 0 Å². The van der Waals surface area contributed by atoms with E-state index in [0.717, 1.165) is 18.6 Å². The number of ether oxygens (including phenoxy) is 1. The van der Waals surface area contributed by atoms with Crippen molar-refractivity contribution in [2.24, 2.45) is 0 Å². The number of thioether (sulfide) groups is 1. The molecule has 0 spiro atoms. The number of carbonyl (C=O) groups excluding carboxylic acids is 1. The molecule has 0 bridgehead atoms. The zero-order chi connectivity index (χ0) is 13.4. The van der Waals surface area contributed by atoms with Crippen molar-refractivity contribution in [1.29, 1.82) is 0 Å². The number of nitrogens with one attached hydrogen (secondary N) is 1. The van der Waals surface area contributed by atoms with E-state index in [9.17, 15) is 4.79 Å². The van der Waals surface area contributed by atoms with Crippen molar-refractivity contribution in [2.45, 2.75) is 19.3 Å². The SMILES string of the molecule is COc1ccc(N)c(NC(=O)CCCCSC)c1.Cl. The van der Waals surface area contributed by atoms with Crippen LogP contribution in [-0.4, -0.2) is 25.0 Å². The molecule has 1 rings (SSSR count). The molecule has 19 heavy (non-hydrogen) atoms. The minimum atomic E-state index is -0.00365. The predicted octanol–water partition coefficient (Wildman–Crippen LogP) is 3.17. The highest BCUT2D eigenvalue weighted by Gasteiger charge is 2.06. The first-order valence-corrected chi connectivity index (χ1v) is 7.29. The second kappa shape index (κ2) is 9.81. The third-order valence-electron chi connectivity index (χ3n) is 2.54. The number of nitrogen functional groups attached to an aromatic ring is 1. The molecule has 0 aliphatic carbocycles. The van der Waals surface area contributed by atoms with Gasteiger partial charge < -0.3 is 15.8 Å². The van der Waals surface area contributed by atoms with Crippen LogP contribution in [0.2, 0.25) is 0 Å². The molecule has 3 N–H and O–H groups in total. The third-order valence-corrected chi connectivity index (χ3v) is 3.23. The van der Waals surface area contributed by atoms with E-state index in [2.05, 4.69) is 11.6 Å². The first-order chi connectivity index (χ1) is 8.67. The van der Waals surface area contributed by atoms with Crippen LogP contribution >= 0.6 is 24.2 Å². The zero-order valence-electron chi connectivity index (χ0n) is 11.3. The smallest absolute Gasteiger partial charge is 0.224 e. The molecule has 1 amide bonds. The van der Waals surface area contributed by atoms with Gasteiger partial charge in [-0.25, -0.2) is 0 Å². The number of nitrogens with two attached hydrogens (primary N) is 1. The van der Waals surface area contributed by atoms with Gasteiger partial charge in [0, 0.05) is 12.5 Å². The van der Waals surface area contributed by atoms with Gasteiger partial charge in [-0.15, -0.1) is 12.4 Å². The van der Waals surface area contributed by atoms with Crippen LogP contribution in [0.4, 0.5) is 11.4 Å². The van der Waals surface area contributed by atoms with E-state index < -0.39 is 0 Å². The lowest BCUT2D eigenvalue weighted by atomic mass is 10.2. The van der Waals surface area contributed by atoms with Crippen molar-refractivity contribution in [2.75, 3.05) is 30.2 Å². The Bertz CT molecular complexity index is 402. The Morgan fingerprint density at radius 1 is 1.42 bits per heavy atom. The van der Waals surface area contributed by atoms with Gasteiger partial charge in [0.05, 0.1) is 18.5 Å². The average molecular weight is 305 g/mol. The minimum absolute atomic E-state index is 0. The topological polar surface area (TPSA) is 64.3 Å². The minimum Gasteiger partial charge on any atom is -0.497 e. The number of benzene rings is 1. The normalized spacial score (nSPS) is 9.58. The summed E-state index contributed by atoms with van der Waals surface area (Å²) in [4.78, 5) is 11.7. The number of hydrogen-bond donors (Lipinski definition) is 2. The summed E-state index contributed by atoms with van der Waals surface area (Å²) in [6.07, 6.45) is 4.55. The fraction of sp³-hybridized carbons (Fsp3) is 0.462. The number of anilines is 2. The molecular formula is C13H21ClN2O2S. The summed E-state index contributed by atoms with van der Waals surface area (Å²) in [7, 11) is 1.58. The van der Waals surface area contributed by atoms with Crippen molar-refractivity contribution in [3.05, 3.63) is 18.2 Å². The Hall–Kier alpha value is -1.07. The standard InChI is InChI=1S/C13H20N2O2S.ClH/c1-17-10-6-7-11(14)12(9-10)15-13(16)5-3-4-8-18-2;/h6-7,9H,3-5,8,14H2,1-2H3,(H,15,16);1H. The molecule has 0 heterocycles. The lowest BCUT2D eigenvalue weighted by Crippen LogP contribution is -2.12. The van der Waals surface area contributed by atoms with E-state index in [1.54, 1.807) is 37.1 Å². The van der Waals surface area contributed by atoms with Crippen molar-refractivity contribution in [3.8, 4) is 5.75 Å². The molecule has 1 aromatic carbocycles. The number of methoxy groups -OCH3 is 1. The molecule has 0 atom stereocenters. The second-order valence-electron chi connectivity index (χ2n) is 3.95. The van der Waals surface area contributed by atoms with Gasteiger partial charge in [-0.05, 0) is 37.0 Å². The monoisotopic (exact) mass is 304 g/mol. The maximum atomic E-state index is 11.7. The number of amides is 1. The van der Waals surface area contributed by atoms with Gasteiger partial charge in [0.15, 0.2) is 0 Å². The number of rotatable bonds is 7.